The number of hydrogen-bond acceptors (Lipinski definition) is 3. The van der Waals surface area contributed by atoms with Gasteiger partial charge in [0, 0.05) is 31.3 Å². The molecule has 0 aliphatic rings. The van der Waals surface area contributed by atoms with E-state index in [0.29, 0.717) is 12.2 Å². The third-order valence-corrected chi connectivity index (χ3v) is 2.42. The Kier molecular flexibility index (Phi) is 3.10. The average molecular weight is 215 g/mol. The van der Waals surface area contributed by atoms with Crippen LogP contribution in [0.2, 0.25) is 0 Å². The summed E-state index contributed by atoms with van der Waals surface area (Å²) in [5.74, 6) is -0.236. The minimum Gasteiger partial charge on any atom is -0.353 e. The number of carbonyl (C=O) groups is 1. The Balaban J connectivity index is 2.16. The Labute approximate surface area is 94.0 Å². The van der Waals surface area contributed by atoms with Crippen molar-refractivity contribution in [3.63, 3.8) is 0 Å². The lowest BCUT2D eigenvalue weighted by atomic mass is 10.1. The molecule has 0 spiro atoms. The third kappa shape index (κ3) is 2.34. The van der Waals surface area contributed by atoms with E-state index >= 15 is 0 Å². The predicted octanol–water partition coefficient (Wildman–Crippen LogP) is 1.57. The first-order valence-electron chi connectivity index (χ1n) is 5.14. The highest BCUT2D eigenvalue weighted by Gasteiger charge is 2.12. The number of aromatic nitrogens is 3. The third-order valence-electron chi connectivity index (χ3n) is 2.42. The number of rotatable bonds is 4. The van der Waals surface area contributed by atoms with Crippen molar-refractivity contribution in [1.82, 2.24) is 14.5 Å². The Hall–Kier alpha value is -1.97. The van der Waals surface area contributed by atoms with Gasteiger partial charge in [-0.15, -0.1) is 0 Å². The summed E-state index contributed by atoms with van der Waals surface area (Å²) in [6.07, 6.45) is 8.12. The van der Waals surface area contributed by atoms with Gasteiger partial charge in [0.25, 0.3) is 0 Å². The van der Waals surface area contributed by atoms with Crippen LogP contribution in [0.25, 0.3) is 0 Å². The molecule has 0 saturated heterocycles. The van der Waals surface area contributed by atoms with Gasteiger partial charge in [-0.05, 0) is 19.1 Å². The van der Waals surface area contributed by atoms with Crippen molar-refractivity contribution in [3.8, 4) is 0 Å². The summed E-state index contributed by atoms with van der Waals surface area (Å²) in [4.78, 5) is 19.4. The Morgan fingerprint density at radius 2 is 2.06 bits per heavy atom. The van der Waals surface area contributed by atoms with Gasteiger partial charge >= 0.3 is 0 Å². The smallest absolute Gasteiger partial charge is 0.130 e. The molecule has 0 radical (unpaired) electrons. The van der Waals surface area contributed by atoms with Crippen LogP contribution in [-0.4, -0.2) is 20.8 Å². The largest absolute Gasteiger partial charge is 0.353 e. The zero-order chi connectivity index (χ0) is 11.4. The predicted molar refractivity (Wildman–Crippen MR) is 60.0 cm³/mol. The second kappa shape index (κ2) is 4.70. The summed E-state index contributed by atoms with van der Waals surface area (Å²) in [5.41, 5.74) is 1.57. The maximum absolute atomic E-state index is 11.0. The molecule has 2 aromatic heterocycles. The maximum atomic E-state index is 11.0. The minimum absolute atomic E-state index is 0.236. The van der Waals surface area contributed by atoms with E-state index in [1.165, 1.54) is 0 Å². The van der Waals surface area contributed by atoms with Crippen molar-refractivity contribution in [3.05, 3.63) is 48.3 Å². The highest BCUT2D eigenvalue weighted by atomic mass is 16.1. The molecule has 2 heterocycles. The molecule has 0 aliphatic carbocycles. The quantitative estimate of drug-likeness (QED) is 0.727. The molecule has 1 unspecified atom stereocenters. The van der Waals surface area contributed by atoms with Crippen LogP contribution in [0.3, 0.4) is 0 Å². The second-order valence-corrected chi connectivity index (χ2v) is 3.71. The molecule has 16 heavy (non-hydrogen) atoms. The Bertz CT molecular complexity index is 448. The molecule has 82 valence electrons. The fourth-order valence-electron chi connectivity index (χ4n) is 1.52. The summed E-state index contributed by atoms with van der Waals surface area (Å²) >= 11 is 0. The van der Waals surface area contributed by atoms with Crippen LogP contribution in [0, 0.1) is 6.92 Å². The highest BCUT2D eigenvalue weighted by molar-refractivity contribution is 5.60. The molecule has 1 atom stereocenters. The zero-order valence-corrected chi connectivity index (χ0v) is 9.08. The maximum Gasteiger partial charge on any atom is 0.130 e. The van der Waals surface area contributed by atoms with E-state index < -0.39 is 0 Å². The summed E-state index contributed by atoms with van der Waals surface area (Å²) in [5, 5.41) is 0. The first kappa shape index (κ1) is 10.5. The molecular formula is C12H13N3O. The molecule has 4 heteroatoms. The van der Waals surface area contributed by atoms with Gasteiger partial charge in [-0.25, -0.2) is 0 Å². The van der Waals surface area contributed by atoms with Gasteiger partial charge in [0.05, 0.1) is 17.3 Å². The van der Waals surface area contributed by atoms with Crippen LogP contribution in [0.5, 0.6) is 0 Å². The standard InChI is InChI=1S/C12H13N3O/c1-10-6-14-12(7-13-10)11(9-16)8-15-4-2-3-5-15/h2-7,9,11H,8H2,1H3. The molecule has 0 saturated carbocycles. The molecule has 2 rings (SSSR count). The van der Waals surface area contributed by atoms with Gasteiger partial charge in [0.2, 0.25) is 0 Å². The molecule has 0 bridgehead atoms. The molecular weight excluding hydrogens is 202 g/mol. The van der Waals surface area contributed by atoms with E-state index in [1.54, 1.807) is 12.4 Å². The molecule has 0 aromatic carbocycles. The molecule has 0 fully saturated rings. The van der Waals surface area contributed by atoms with Crippen LogP contribution in [0.1, 0.15) is 17.3 Å². The van der Waals surface area contributed by atoms with Crippen molar-refractivity contribution >= 4 is 6.29 Å². The van der Waals surface area contributed by atoms with E-state index in [0.717, 1.165) is 12.0 Å². The van der Waals surface area contributed by atoms with Crippen molar-refractivity contribution in [2.24, 2.45) is 0 Å². The number of nitrogens with zero attached hydrogens (tertiary/aromatic N) is 3. The van der Waals surface area contributed by atoms with Gasteiger partial charge < -0.3 is 9.36 Å². The molecule has 0 amide bonds. The molecule has 4 nitrogen and oxygen atoms in total. The molecule has 0 aliphatic heterocycles. The fraction of sp³-hybridized carbons (Fsp3) is 0.250. The summed E-state index contributed by atoms with van der Waals surface area (Å²) in [6, 6.07) is 3.87. The number of carbonyl (C=O) groups excluding carboxylic acids is 1. The first-order valence-corrected chi connectivity index (χ1v) is 5.14. The fourth-order valence-corrected chi connectivity index (χ4v) is 1.52. The van der Waals surface area contributed by atoms with E-state index in [4.69, 9.17) is 0 Å². The van der Waals surface area contributed by atoms with Crippen LogP contribution in [-0.2, 0) is 11.3 Å². The Morgan fingerprint density at radius 3 is 2.62 bits per heavy atom. The van der Waals surface area contributed by atoms with Crippen LogP contribution >= 0.6 is 0 Å². The number of hydrogen-bond donors (Lipinski definition) is 0. The van der Waals surface area contributed by atoms with E-state index in [1.807, 2.05) is 36.0 Å². The van der Waals surface area contributed by atoms with Gasteiger partial charge in [0.15, 0.2) is 0 Å². The summed E-state index contributed by atoms with van der Waals surface area (Å²) in [7, 11) is 0. The van der Waals surface area contributed by atoms with Crippen molar-refractivity contribution < 1.29 is 4.79 Å². The lowest BCUT2D eigenvalue weighted by Crippen LogP contribution is -2.11. The van der Waals surface area contributed by atoms with Crippen molar-refractivity contribution in [2.45, 2.75) is 19.4 Å². The molecule has 0 N–H and O–H groups in total. The highest BCUT2D eigenvalue weighted by Crippen LogP contribution is 2.12. The van der Waals surface area contributed by atoms with Crippen LogP contribution in [0.15, 0.2) is 36.9 Å². The number of aldehydes is 1. The SMILES string of the molecule is Cc1cnc(C(C=O)Cn2cccc2)cn1. The Morgan fingerprint density at radius 1 is 1.31 bits per heavy atom. The molecule has 2 aromatic rings. The van der Waals surface area contributed by atoms with Crippen molar-refractivity contribution in [2.75, 3.05) is 0 Å². The average Bonchev–Trinajstić information content (AvgIpc) is 2.80. The zero-order valence-electron chi connectivity index (χ0n) is 9.08. The topological polar surface area (TPSA) is 47.8 Å². The van der Waals surface area contributed by atoms with E-state index in [2.05, 4.69) is 9.97 Å². The van der Waals surface area contributed by atoms with Gasteiger partial charge in [0.1, 0.15) is 6.29 Å². The van der Waals surface area contributed by atoms with E-state index in [-0.39, 0.29) is 5.92 Å². The van der Waals surface area contributed by atoms with E-state index in [9.17, 15) is 4.79 Å². The lowest BCUT2D eigenvalue weighted by Gasteiger charge is -2.10. The monoisotopic (exact) mass is 215 g/mol. The normalized spacial score (nSPS) is 12.3. The summed E-state index contributed by atoms with van der Waals surface area (Å²) in [6.45, 7) is 2.48. The lowest BCUT2D eigenvalue weighted by molar-refractivity contribution is -0.109. The van der Waals surface area contributed by atoms with Crippen LogP contribution < -0.4 is 0 Å². The van der Waals surface area contributed by atoms with Gasteiger partial charge in [-0.2, -0.15) is 0 Å². The van der Waals surface area contributed by atoms with Gasteiger partial charge in [-0.3, -0.25) is 9.97 Å². The summed E-state index contributed by atoms with van der Waals surface area (Å²) < 4.78 is 1.96. The van der Waals surface area contributed by atoms with Crippen molar-refractivity contribution in [1.29, 1.82) is 0 Å². The first-order chi connectivity index (χ1) is 7.79. The second-order valence-electron chi connectivity index (χ2n) is 3.71. The minimum atomic E-state index is -0.236. The van der Waals surface area contributed by atoms with Gasteiger partial charge in [-0.1, -0.05) is 0 Å². The van der Waals surface area contributed by atoms with Crippen LogP contribution in [0.4, 0.5) is 0 Å². The number of aryl methyl sites for hydroxylation is 1.